The molecule has 112 valence electrons. The topological polar surface area (TPSA) is 38.5 Å². The molecule has 1 aliphatic heterocycles. The van der Waals surface area contributed by atoms with Gasteiger partial charge in [0.2, 0.25) is 0 Å². The minimum absolute atomic E-state index is 0.344. The Morgan fingerprint density at radius 3 is 2.30 bits per heavy atom. The fourth-order valence-corrected chi connectivity index (χ4v) is 3.29. The number of nitrogens with zero attached hydrogens (tertiary/aromatic N) is 1. The quantitative estimate of drug-likeness (QED) is 0.898. The molecule has 1 unspecified atom stereocenters. The minimum atomic E-state index is 0.344. The summed E-state index contributed by atoms with van der Waals surface area (Å²) in [5, 5.41) is 0. The van der Waals surface area contributed by atoms with E-state index in [2.05, 4.69) is 43.9 Å². The molecule has 0 amide bonds. The van der Waals surface area contributed by atoms with Gasteiger partial charge in [0, 0.05) is 32.3 Å². The largest absolute Gasteiger partial charge is 0.378 e. The maximum Gasteiger partial charge on any atom is 0.0599 e. The lowest BCUT2D eigenvalue weighted by Crippen LogP contribution is -2.41. The van der Waals surface area contributed by atoms with E-state index in [9.17, 15) is 0 Å². The number of likely N-dealkylation sites (tertiary alicyclic amines) is 1. The van der Waals surface area contributed by atoms with Crippen LogP contribution in [0, 0.1) is 13.8 Å². The first-order valence-corrected chi connectivity index (χ1v) is 7.78. The summed E-state index contributed by atoms with van der Waals surface area (Å²) >= 11 is 0. The lowest BCUT2D eigenvalue weighted by atomic mass is 9.97. The molecule has 20 heavy (non-hydrogen) atoms. The second-order valence-corrected chi connectivity index (χ2v) is 5.86. The minimum Gasteiger partial charge on any atom is -0.378 e. The first-order valence-electron chi connectivity index (χ1n) is 7.78. The van der Waals surface area contributed by atoms with Crippen molar-refractivity contribution in [3.63, 3.8) is 0 Å². The maximum absolute atomic E-state index is 6.06. The van der Waals surface area contributed by atoms with E-state index in [0.717, 1.165) is 32.5 Å². The van der Waals surface area contributed by atoms with E-state index in [-0.39, 0.29) is 0 Å². The molecule has 0 aromatic heterocycles. The number of rotatable bonds is 5. The van der Waals surface area contributed by atoms with Crippen LogP contribution in [-0.4, -0.2) is 37.2 Å². The summed E-state index contributed by atoms with van der Waals surface area (Å²) in [6.07, 6.45) is 2.68. The Morgan fingerprint density at radius 1 is 1.20 bits per heavy atom. The van der Waals surface area contributed by atoms with Gasteiger partial charge >= 0.3 is 0 Å². The molecule has 2 rings (SSSR count). The highest BCUT2D eigenvalue weighted by molar-refractivity contribution is 5.31. The van der Waals surface area contributed by atoms with Crippen molar-refractivity contribution in [3.05, 3.63) is 34.9 Å². The second-order valence-electron chi connectivity index (χ2n) is 5.86. The number of piperidine rings is 1. The lowest BCUT2D eigenvalue weighted by Gasteiger charge is -2.37. The molecule has 1 aliphatic rings. The van der Waals surface area contributed by atoms with Gasteiger partial charge in [-0.1, -0.05) is 29.3 Å². The molecular weight excluding hydrogens is 248 g/mol. The summed E-state index contributed by atoms with van der Waals surface area (Å²) < 4.78 is 5.73. The van der Waals surface area contributed by atoms with Crippen molar-refractivity contribution in [1.29, 1.82) is 0 Å². The Labute approximate surface area is 123 Å². The molecule has 1 aromatic carbocycles. The monoisotopic (exact) mass is 276 g/mol. The predicted octanol–water partition coefficient (Wildman–Crippen LogP) is 2.80. The van der Waals surface area contributed by atoms with E-state index < -0.39 is 0 Å². The van der Waals surface area contributed by atoms with Crippen LogP contribution in [0.1, 0.15) is 42.5 Å². The molecule has 3 heteroatoms. The van der Waals surface area contributed by atoms with Crippen molar-refractivity contribution >= 4 is 0 Å². The van der Waals surface area contributed by atoms with Crippen LogP contribution in [0.2, 0.25) is 0 Å². The van der Waals surface area contributed by atoms with Gasteiger partial charge in [-0.2, -0.15) is 0 Å². The summed E-state index contributed by atoms with van der Waals surface area (Å²) in [5.41, 5.74) is 10.1. The Bertz CT molecular complexity index is 405. The van der Waals surface area contributed by atoms with Gasteiger partial charge in [0.1, 0.15) is 0 Å². The van der Waals surface area contributed by atoms with Crippen LogP contribution in [-0.2, 0) is 4.74 Å². The third-order valence-electron chi connectivity index (χ3n) is 4.17. The molecule has 1 saturated heterocycles. The van der Waals surface area contributed by atoms with Gasteiger partial charge in [-0.25, -0.2) is 0 Å². The summed E-state index contributed by atoms with van der Waals surface area (Å²) in [6, 6.07) is 7.12. The first kappa shape index (κ1) is 15.5. The van der Waals surface area contributed by atoms with Gasteiger partial charge in [0.05, 0.1) is 6.10 Å². The summed E-state index contributed by atoms with van der Waals surface area (Å²) in [4.78, 5) is 2.52. The number of benzene rings is 1. The fraction of sp³-hybridized carbons (Fsp3) is 0.647. The molecule has 0 saturated carbocycles. The van der Waals surface area contributed by atoms with Crippen molar-refractivity contribution in [1.82, 2.24) is 4.90 Å². The third-order valence-corrected chi connectivity index (χ3v) is 4.17. The predicted molar refractivity (Wildman–Crippen MR) is 83.9 cm³/mol. The molecule has 1 atom stereocenters. The maximum atomic E-state index is 6.06. The van der Waals surface area contributed by atoms with Gasteiger partial charge in [0.15, 0.2) is 0 Å². The number of hydrogen-bond donors (Lipinski definition) is 1. The second kappa shape index (κ2) is 7.21. The van der Waals surface area contributed by atoms with Crippen LogP contribution in [0.5, 0.6) is 0 Å². The van der Waals surface area contributed by atoms with Crippen LogP contribution < -0.4 is 5.73 Å². The summed E-state index contributed by atoms with van der Waals surface area (Å²) in [6.45, 7) is 10.1. The van der Waals surface area contributed by atoms with Gasteiger partial charge < -0.3 is 10.5 Å². The van der Waals surface area contributed by atoms with Crippen LogP contribution in [0.3, 0.4) is 0 Å². The Morgan fingerprint density at radius 2 is 1.80 bits per heavy atom. The molecule has 1 aromatic rings. The molecule has 0 spiro atoms. The van der Waals surface area contributed by atoms with Gasteiger partial charge in [-0.15, -0.1) is 0 Å². The molecule has 2 N–H and O–H groups in total. The van der Waals surface area contributed by atoms with E-state index in [1.54, 1.807) is 0 Å². The van der Waals surface area contributed by atoms with E-state index >= 15 is 0 Å². The zero-order valence-corrected chi connectivity index (χ0v) is 13.1. The van der Waals surface area contributed by atoms with Crippen LogP contribution >= 0.6 is 0 Å². The molecule has 0 bridgehead atoms. The zero-order chi connectivity index (χ0) is 14.5. The lowest BCUT2D eigenvalue weighted by molar-refractivity contribution is 0.00451. The van der Waals surface area contributed by atoms with Crippen LogP contribution in [0.15, 0.2) is 18.2 Å². The van der Waals surface area contributed by atoms with E-state index in [1.165, 1.54) is 16.7 Å². The van der Waals surface area contributed by atoms with Gasteiger partial charge in [0.25, 0.3) is 0 Å². The average Bonchev–Trinajstić information content (AvgIpc) is 2.41. The number of hydrogen-bond acceptors (Lipinski definition) is 3. The first-order chi connectivity index (χ1) is 9.63. The highest BCUT2D eigenvalue weighted by Crippen LogP contribution is 2.26. The van der Waals surface area contributed by atoms with Gasteiger partial charge in [-0.05, 0) is 39.2 Å². The highest BCUT2D eigenvalue weighted by atomic mass is 16.5. The fourth-order valence-electron chi connectivity index (χ4n) is 3.29. The van der Waals surface area contributed by atoms with Crippen LogP contribution in [0.4, 0.5) is 0 Å². The number of nitrogens with two attached hydrogens (primary N) is 1. The average molecular weight is 276 g/mol. The summed E-state index contributed by atoms with van der Waals surface area (Å²) in [7, 11) is 0. The Balaban J connectivity index is 2.05. The van der Waals surface area contributed by atoms with E-state index in [1.807, 2.05) is 0 Å². The van der Waals surface area contributed by atoms with Crippen LogP contribution in [0.25, 0.3) is 0 Å². The Hall–Kier alpha value is -0.900. The van der Waals surface area contributed by atoms with Gasteiger partial charge in [-0.3, -0.25) is 4.90 Å². The number of ether oxygens (including phenoxy) is 1. The van der Waals surface area contributed by atoms with Crippen molar-refractivity contribution in [3.8, 4) is 0 Å². The third kappa shape index (κ3) is 3.81. The smallest absolute Gasteiger partial charge is 0.0599 e. The van der Waals surface area contributed by atoms with Crippen molar-refractivity contribution in [2.75, 3.05) is 26.2 Å². The normalized spacial score (nSPS) is 19.2. The Kier molecular flexibility index (Phi) is 5.58. The standard InChI is InChI=1S/C17H28N2O/c1-4-20-16-5-7-19(8-6-16)17(12-18)15-10-13(2)9-14(3)11-15/h9-11,16-17H,4-8,12,18H2,1-3H3. The van der Waals surface area contributed by atoms with Crippen molar-refractivity contribution in [2.24, 2.45) is 5.73 Å². The SMILES string of the molecule is CCOC1CCN(C(CN)c2cc(C)cc(C)c2)CC1. The highest BCUT2D eigenvalue weighted by Gasteiger charge is 2.25. The molecule has 1 fully saturated rings. The number of aryl methyl sites for hydroxylation is 2. The van der Waals surface area contributed by atoms with Crippen molar-refractivity contribution in [2.45, 2.75) is 45.8 Å². The molecule has 0 radical (unpaired) electrons. The van der Waals surface area contributed by atoms with E-state index in [4.69, 9.17) is 10.5 Å². The molecule has 3 nitrogen and oxygen atoms in total. The molecule has 1 heterocycles. The molecular formula is C17H28N2O. The zero-order valence-electron chi connectivity index (χ0n) is 13.1. The molecule has 0 aliphatic carbocycles. The summed E-state index contributed by atoms with van der Waals surface area (Å²) in [5.74, 6) is 0. The van der Waals surface area contributed by atoms with E-state index in [0.29, 0.717) is 18.7 Å². The van der Waals surface area contributed by atoms with Crippen molar-refractivity contribution < 1.29 is 4.74 Å².